The molecule has 1 aromatic heterocycles. The number of nitrogens with zero attached hydrogens (tertiary/aromatic N) is 1. The lowest BCUT2D eigenvalue weighted by molar-refractivity contribution is -0.0975. The van der Waals surface area contributed by atoms with Crippen molar-refractivity contribution in [3.05, 3.63) is 23.1 Å². The zero-order valence-corrected chi connectivity index (χ0v) is 15.2. The molecule has 0 aromatic carbocycles. The van der Waals surface area contributed by atoms with Gasteiger partial charge >= 0.3 is 0 Å². The minimum absolute atomic E-state index is 0.114. The summed E-state index contributed by atoms with van der Waals surface area (Å²) in [5, 5.41) is 15.1. The Bertz CT molecular complexity index is 801. The Hall–Kier alpha value is -1.53. The van der Waals surface area contributed by atoms with Gasteiger partial charge < -0.3 is 9.63 Å². The van der Waals surface area contributed by atoms with Crippen molar-refractivity contribution in [2.45, 2.75) is 64.4 Å². The Labute approximate surface area is 149 Å². The maximum absolute atomic E-state index is 11.1. The van der Waals surface area contributed by atoms with Gasteiger partial charge in [-0.15, -0.1) is 6.42 Å². The van der Waals surface area contributed by atoms with Crippen LogP contribution in [0.1, 0.15) is 63.7 Å². The van der Waals surface area contributed by atoms with Crippen molar-refractivity contribution in [2.75, 3.05) is 0 Å². The molecule has 0 spiro atoms. The molecule has 1 N–H and O–H groups in total. The maximum atomic E-state index is 11.1. The molecule has 3 fully saturated rings. The van der Waals surface area contributed by atoms with Gasteiger partial charge in [-0.3, -0.25) is 0 Å². The van der Waals surface area contributed by atoms with E-state index in [1.807, 2.05) is 6.20 Å². The molecule has 5 rings (SSSR count). The summed E-state index contributed by atoms with van der Waals surface area (Å²) in [6.07, 6.45) is 17.4. The minimum atomic E-state index is -0.909. The molecule has 4 aliphatic carbocycles. The van der Waals surface area contributed by atoms with E-state index in [-0.39, 0.29) is 10.8 Å². The third-order valence-electron chi connectivity index (χ3n) is 8.67. The van der Waals surface area contributed by atoms with Crippen LogP contribution in [0, 0.1) is 40.9 Å². The SMILES string of the molecule is C#C[C@]1(O)CC[C@@H]2[C@@H]3CCC4=Cc5oncc5C[C@]4(C)[C@@H]3CC[C@]21C. The summed E-state index contributed by atoms with van der Waals surface area (Å²) in [6.45, 7) is 4.71. The summed E-state index contributed by atoms with van der Waals surface area (Å²) in [6, 6.07) is 0. The first-order valence-corrected chi connectivity index (χ1v) is 9.76. The van der Waals surface area contributed by atoms with Crippen molar-refractivity contribution < 1.29 is 9.63 Å². The van der Waals surface area contributed by atoms with E-state index in [1.165, 1.54) is 12.0 Å². The minimum Gasteiger partial charge on any atom is -0.377 e. The highest BCUT2D eigenvalue weighted by Gasteiger charge is 2.63. The van der Waals surface area contributed by atoms with Crippen LogP contribution in [0.5, 0.6) is 0 Å². The molecular formula is C22H27NO2. The Morgan fingerprint density at radius 3 is 2.84 bits per heavy atom. The highest BCUT2D eigenvalue weighted by molar-refractivity contribution is 5.57. The summed E-state index contributed by atoms with van der Waals surface area (Å²) in [5.41, 5.74) is 1.99. The zero-order valence-electron chi connectivity index (χ0n) is 15.2. The Morgan fingerprint density at radius 1 is 1.24 bits per heavy atom. The van der Waals surface area contributed by atoms with Gasteiger partial charge in [0.25, 0.3) is 0 Å². The lowest BCUT2D eigenvalue weighted by Crippen LogP contribution is -2.54. The fourth-order valence-corrected chi connectivity index (χ4v) is 7.14. The van der Waals surface area contributed by atoms with Gasteiger partial charge in [0.15, 0.2) is 5.76 Å². The third-order valence-corrected chi connectivity index (χ3v) is 8.67. The molecule has 3 heteroatoms. The number of terminal acetylenes is 1. The number of rotatable bonds is 0. The van der Waals surface area contributed by atoms with Gasteiger partial charge in [-0.25, -0.2) is 0 Å². The monoisotopic (exact) mass is 337 g/mol. The second-order valence-corrected chi connectivity index (χ2v) is 9.39. The third kappa shape index (κ3) is 1.79. The second-order valence-electron chi connectivity index (χ2n) is 9.39. The van der Waals surface area contributed by atoms with E-state index in [9.17, 15) is 5.11 Å². The van der Waals surface area contributed by atoms with Crippen LogP contribution in [0.3, 0.4) is 0 Å². The first kappa shape index (κ1) is 15.7. The van der Waals surface area contributed by atoms with Crippen LogP contribution in [-0.4, -0.2) is 15.9 Å². The molecule has 0 unspecified atom stereocenters. The van der Waals surface area contributed by atoms with Gasteiger partial charge in [0.05, 0.1) is 6.20 Å². The van der Waals surface area contributed by atoms with Gasteiger partial charge in [0.2, 0.25) is 0 Å². The van der Waals surface area contributed by atoms with Crippen molar-refractivity contribution in [1.29, 1.82) is 0 Å². The van der Waals surface area contributed by atoms with Crippen molar-refractivity contribution in [3.8, 4) is 12.3 Å². The molecule has 25 heavy (non-hydrogen) atoms. The van der Waals surface area contributed by atoms with Crippen molar-refractivity contribution >= 4 is 6.08 Å². The van der Waals surface area contributed by atoms with Crippen LogP contribution < -0.4 is 0 Å². The van der Waals surface area contributed by atoms with Crippen LogP contribution >= 0.6 is 0 Å². The number of hydrogen-bond donors (Lipinski definition) is 1. The number of fused-ring (bicyclic) bond motifs is 6. The summed E-state index contributed by atoms with van der Waals surface area (Å²) in [4.78, 5) is 0. The molecule has 1 heterocycles. The molecule has 3 saturated carbocycles. The van der Waals surface area contributed by atoms with E-state index in [0.717, 1.165) is 44.3 Å². The lowest BCUT2D eigenvalue weighted by atomic mass is 9.46. The van der Waals surface area contributed by atoms with Gasteiger partial charge in [-0.1, -0.05) is 30.5 Å². The van der Waals surface area contributed by atoms with Crippen LogP contribution in [0.25, 0.3) is 6.08 Å². The summed E-state index contributed by atoms with van der Waals surface area (Å²) < 4.78 is 5.43. The summed E-state index contributed by atoms with van der Waals surface area (Å²) >= 11 is 0. The number of aromatic nitrogens is 1. The van der Waals surface area contributed by atoms with Crippen molar-refractivity contribution in [1.82, 2.24) is 5.16 Å². The fraction of sp³-hybridized carbons (Fsp3) is 0.682. The van der Waals surface area contributed by atoms with E-state index >= 15 is 0 Å². The number of hydrogen-bond acceptors (Lipinski definition) is 3. The van der Waals surface area contributed by atoms with Crippen molar-refractivity contribution in [3.63, 3.8) is 0 Å². The molecule has 4 aliphatic rings. The normalized spacial score (nSPS) is 47.8. The summed E-state index contributed by atoms with van der Waals surface area (Å²) in [7, 11) is 0. The highest BCUT2D eigenvalue weighted by Crippen LogP contribution is 2.67. The predicted molar refractivity (Wildman–Crippen MR) is 96.4 cm³/mol. The molecule has 3 nitrogen and oxygen atoms in total. The van der Waals surface area contributed by atoms with E-state index in [4.69, 9.17) is 10.9 Å². The molecule has 0 bridgehead atoms. The topological polar surface area (TPSA) is 46.3 Å². The molecular weight excluding hydrogens is 310 g/mol. The number of aliphatic hydroxyl groups is 1. The Balaban J connectivity index is 1.53. The fourth-order valence-electron chi connectivity index (χ4n) is 7.14. The van der Waals surface area contributed by atoms with Gasteiger partial charge in [-0.2, -0.15) is 0 Å². The highest BCUT2D eigenvalue weighted by atomic mass is 16.5. The van der Waals surface area contributed by atoms with Crippen LogP contribution in [0.2, 0.25) is 0 Å². The van der Waals surface area contributed by atoms with Crippen LogP contribution in [-0.2, 0) is 6.42 Å². The Kier molecular flexibility index (Phi) is 3.01. The van der Waals surface area contributed by atoms with Crippen molar-refractivity contribution in [2.24, 2.45) is 28.6 Å². The maximum Gasteiger partial charge on any atom is 0.162 e. The summed E-state index contributed by atoms with van der Waals surface area (Å²) in [5.74, 6) is 5.64. The first-order chi connectivity index (χ1) is 11.9. The molecule has 0 radical (unpaired) electrons. The van der Waals surface area contributed by atoms with E-state index in [0.29, 0.717) is 17.8 Å². The average molecular weight is 337 g/mol. The zero-order chi connectivity index (χ0) is 17.4. The molecule has 0 amide bonds. The molecule has 6 atom stereocenters. The van der Waals surface area contributed by atoms with Gasteiger partial charge in [0.1, 0.15) is 5.60 Å². The van der Waals surface area contributed by atoms with E-state index in [2.05, 4.69) is 31.0 Å². The lowest BCUT2D eigenvalue weighted by Gasteiger charge is -2.58. The largest absolute Gasteiger partial charge is 0.377 e. The molecule has 132 valence electrons. The number of allylic oxidation sites excluding steroid dienone is 1. The molecule has 0 saturated heterocycles. The standard InChI is InChI=1S/C22H27NO2/c1-4-22(24)10-8-18-16-6-5-15-11-19-14(13-23-25-19)12-20(15,2)17(16)7-9-21(18,22)3/h1,11,13,16-18,24H,5-10,12H2,2-3H3/t16-,17-,18-,20+,21-,22+/m1/s1. The smallest absolute Gasteiger partial charge is 0.162 e. The predicted octanol–water partition coefficient (Wildman–Crippen LogP) is 4.22. The van der Waals surface area contributed by atoms with Gasteiger partial charge in [-0.05, 0) is 74.2 Å². The van der Waals surface area contributed by atoms with Crippen LogP contribution in [0.15, 0.2) is 16.3 Å². The average Bonchev–Trinajstić information content (AvgIpc) is 3.14. The second kappa shape index (κ2) is 4.80. The van der Waals surface area contributed by atoms with Crippen LogP contribution in [0.4, 0.5) is 0 Å². The van der Waals surface area contributed by atoms with E-state index < -0.39 is 5.60 Å². The van der Waals surface area contributed by atoms with E-state index in [1.54, 1.807) is 5.57 Å². The molecule has 1 aromatic rings. The molecule has 0 aliphatic heterocycles. The quantitative estimate of drug-likeness (QED) is 0.721. The first-order valence-electron chi connectivity index (χ1n) is 9.76. The Morgan fingerprint density at radius 2 is 2.04 bits per heavy atom. The van der Waals surface area contributed by atoms with Gasteiger partial charge in [0, 0.05) is 11.0 Å².